The SMILES string of the molecule is CC(c1cccc(Cl)c1)N(C)CC(=O)NC(=O)NCC(F)(F)F. The van der Waals surface area contributed by atoms with E-state index >= 15 is 0 Å². The van der Waals surface area contributed by atoms with Gasteiger partial charge in [-0.1, -0.05) is 23.7 Å². The number of hydrogen-bond acceptors (Lipinski definition) is 3. The van der Waals surface area contributed by atoms with E-state index in [0.29, 0.717) is 5.02 Å². The summed E-state index contributed by atoms with van der Waals surface area (Å²) < 4.78 is 35.8. The molecule has 0 spiro atoms. The number of benzene rings is 1. The van der Waals surface area contributed by atoms with Crippen LogP contribution in [0.2, 0.25) is 5.02 Å². The quantitative estimate of drug-likeness (QED) is 0.857. The Hall–Kier alpha value is -1.80. The standard InChI is InChI=1S/C14H17ClF3N3O2/c1-9(10-4-3-5-11(15)6-10)21(2)7-12(22)20-13(23)19-8-14(16,17)18/h3-6,9H,7-8H2,1-2H3,(H2,19,20,22,23). The van der Waals surface area contributed by atoms with Crippen molar-refractivity contribution in [2.75, 3.05) is 20.1 Å². The van der Waals surface area contributed by atoms with E-state index in [4.69, 9.17) is 11.6 Å². The molecule has 0 fully saturated rings. The Morgan fingerprint density at radius 1 is 1.35 bits per heavy atom. The van der Waals surface area contributed by atoms with Gasteiger partial charge in [0.2, 0.25) is 5.91 Å². The normalized spacial score (nSPS) is 12.8. The predicted octanol–water partition coefficient (Wildman–Crippen LogP) is 2.72. The van der Waals surface area contributed by atoms with Crippen molar-refractivity contribution in [3.63, 3.8) is 0 Å². The number of hydrogen-bond donors (Lipinski definition) is 2. The highest BCUT2D eigenvalue weighted by atomic mass is 35.5. The summed E-state index contributed by atoms with van der Waals surface area (Å²) >= 11 is 5.90. The van der Waals surface area contributed by atoms with Crippen molar-refractivity contribution >= 4 is 23.5 Å². The summed E-state index contributed by atoms with van der Waals surface area (Å²) in [5.74, 6) is -0.707. The molecule has 2 N–H and O–H groups in total. The number of urea groups is 1. The Labute approximate surface area is 136 Å². The maximum absolute atomic E-state index is 11.9. The van der Waals surface area contributed by atoms with Gasteiger partial charge in [0.05, 0.1) is 6.54 Å². The van der Waals surface area contributed by atoms with Crippen molar-refractivity contribution in [3.05, 3.63) is 34.9 Å². The molecule has 128 valence electrons. The lowest BCUT2D eigenvalue weighted by Crippen LogP contribution is -2.46. The van der Waals surface area contributed by atoms with Gasteiger partial charge in [-0.05, 0) is 31.7 Å². The highest BCUT2D eigenvalue weighted by Gasteiger charge is 2.28. The second-order valence-electron chi connectivity index (χ2n) is 4.99. The number of nitrogens with one attached hydrogen (secondary N) is 2. The number of halogens is 4. The van der Waals surface area contributed by atoms with Gasteiger partial charge in [-0.25, -0.2) is 4.79 Å². The summed E-state index contributed by atoms with van der Waals surface area (Å²) in [6.07, 6.45) is -4.53. The lowest BCUT2D eigenvalue weighted by molar-refractivity contribution is -0.125. The van der Waals surface area contributed by atoms with E-state index in [1.54, 1.807) is 35.5 Å². The van der Waals surface area contributed by atoms with Gasteiger partial charge in [0.25, 0.3) is 0 Å². The van der Waals surface area contributed by atoms with Gasteiger partial charge in [-0.15, -0.1) is 0 Å². The van der Waals surface area contributed by atoms with Crippen LogP contribution in [-0.4, -0.2) is 43.2 Å². The molecule has 0 heterocycles. The lowest BCUT2D eigenvalue weighted by Gasteiger charge is -2.24. The monoisotopic (exact) mass is 351 g/mol. The maximum atomic E-state index is 11.9. The minimum atomic E-state index is -4.53. The fraction of sp³-hybridized carbons (Fsp3) is 0.429. The first-order valence-corrected chi connectivity index (χ1v) is 7.06. The summed E-state index contributed by atoms with van der Waals surface area (Å²) in [6, 6.07) is 5.72. The molecule has 0 saturated carbocycles. The smallest absolute Gasteiger partial charge is 0.329 e. The molecule has 1 aromatic rings. The average Bonchev–Trinajstić information content (AvgIpc) is 2.43. The fourth-order valence-corrected chi connectivity index (χ4v) is 1.97. The van der Waals surface area contributed by atoms with Crippen LogP contribution in [-0.2, 0) is 4.79 Å². The van der Waals surface area contributed by atoms with Gasteiger partial charge in [0.1, 0.15) is 6.54 Å². The largest absolute Gasteiger partial charge is 0.405 e. The minimum Gasteiger partial charge on any atom is -0.329 e. The van der Waals surface area contributed by atoms with E-state index in [-0.39, 0.29) is 12.6 Å². The van der Waals surface area contributed by atoms with Crippen molar-refractivity contribution in [3.8, 4) is 0 Å². The van der Waals surface area contributed by atoms with Crippen LogP contribution in [0.25, 0.3) is 0 Å². The number of carbonyl (C=O) groups is 2. The zero-order chi connectivity index (χ0) is 17.6. The van der Waals surface area contributed by atoms with Crippen molar-refractivity contribution in [1.29, 1.82) is 0 Å². The predicted molar refractivity (Wildman–Crippen MR) is 80.1 cm³/mol. The number of likely N-dealkylation sites (N-methyl/N-ethyl adjacent to an activating group) is 1. The molecule has 5 nitrogen and oxygen atoms in total. The zero-order valence-electron chi connectivity index (χ0n) is 12.6. The molecule has 0 aliphatic carbocycles. The molecule has 23 heavy (non-hydrogen) atoms. The van der Waals surface area contributed by atoms with Crippen LogP contribution < -0.4 is 10.6 Å². The summed E-state index contributed by atoms with van der Waals surface area (Å²) in [5.41, 5.74) is 0.870. The Morgan fingerprint density at radius 2 is 2.00 bits per heavy atom. The number of imide groups is 1. The van der Waals surface area contributed by atoms with Gasteiger partial charge in [-0.2, -0.15) is 13.2 Å². The molecule has 0 aliphatic rings. The average molecular weight is 352 g/mol. The molecule has 9 heteroatoms. The topological polar surface area (TPSA) is 61.4 Å². The third kappa shape index (κ3) is 7.34. The van der Waals surface area contributed by atoms with Crippen molar-refractivity contribution in [2.45, 2.75) is 19.1 Å². The van der Waals surface area contributed by atoms with Gasteiger partial charge in [0.15, 0.2) is 0 Å². The highest BCUT2D eigenvalue weighted by molar-refractivity contribution is 6.30. The molecule has 0 aliphatic heterocycles. The van der Waals surface area contributed by atoms with E-state index in [1.807, 2.05) is 18.3 Å². The molecule has 0 bridgehead atoms. The van der Waals surface area contributed by atoms with E-state index in [2.05, 4.69) is 0 Å². The van der Waals surface area contributed by atoms with E-state index in [9.17, 15) is 22.8 Å². The first kappa shape index (κ1) is 19.2. The molecule has 1 unspecified atom stereocenters. The first-order chi connectivity index (χ1) is 10.6. The van der Waals surface area contributed by atoms with Gasteiger partial charge >= 0.3 is 12.2 Å². The third-order valence-electron chi connectivity index (χ3n) is 3.09. The van der Waals surface area contributed by atoms with Crippen molar-refractivity contribution in [2.24, 2.45) is 0 Å². The number of rotatable bonds is 5. The second-order valence-corrected chi connectivity index (χ2v) is 5.43. The summed E-state index contributed by atoms with van der Waals surface area (Å²) in [7, 11) is 1.65. The zero-order valence-corrected chi connectivity index (χ0v) is 13.3. The lowest BCUT2D eigenvalue weighted by atomic mass is 10.1. The number of alkyl halides is 3. The van der Waals surface area contributed by atoms with Gasteiger partial charge in [-0.3, -0.25) is 15.0 Å². The fourth-order valence-electron chi connectivity index (χ4n) is 1.78. The molecule has 1 aromatic carbocycles. The van der Waals surface area contributed by atoms with Crippen LogP contribution in [0.15, 0.2) is 24.3 Å². The Balaban J connectivity index is 2.48. The molecular formula is C14H17ClF3N3O2. The third-order valence-corrected chi connectivity index (χ3v) is 3.32. The molecule has 1 atom stereocenters. The van der Waals surface area contributed by atoms with Crippen LogP contribution in [0.1, 0.15) is 18.5 Å². The highest BCUT2D eigenvalue weighted by Crippen LogP contribution is 2.21. The van der Waals surface area contributed by atoms with Gasteiger partial charge in [0, 0.05) is 11.1 Å². The summed E-state index contributed by atoms with van der Waals surface area (Å²) in [6.45, 7) is 0.177. The van der Waals surface area contributed by atoms with Crippen LogP contribution in [0, 0.1) is 0 Å². The maximum Gasteiger partial charge on any atom is 0.405 e. The number of carbonyl (C=O) groups excluding carboxylic acids is 2. The Morgan fingerprint density at radius 3 is 2.57 bits per heavy atom. The summed E-state index contributed by atoms with van der Waals surface area (Å²) in [5, 5.41) is 3.96. The second kappa shape index (κ2) is 8.16. The molecule has 1 rings (SSSR count). The number of amides is 3. The molecule has 0 aromatic heterocycles. The van der Waals surface area contributed by atoms with Crippen LogP contribution in [0.5, 0.6) is 0 Å². The van der Waals surface area contributed by atoms with Crippen LogP contribution in [0.4, 0.5) is 18.0 Å². The first-order valence-electron chi connectivity index (χ1n) is 6.68. The minimum absolute atomic E-state index is 0.160. The van der Waals surface area contributed by atoms with E-state index in [1.165, 1.54) is 0 Å². The molecular weight excluding hydrogens is 335 g/mol. The number of nitrogens with zero attached hydrogens (tertiary/aromatic N) is 1. The van der Waals surface area contributed by atoms with Crippen LogP contribution >= 0.6 is 11.6 Å². The molecule has 0 saturated heterocycles. The van der Waals surface area contributed by atoms with Crippen LogP contribution in [0.3, 0.4) is 0 Å². The van der Waals surface area contributed by atoms with E-state index < -0.39 is 24.7 Å². The molecule has 0 radical (unpaired) electrons. The molecule has 3 amide bonds. The van der Waals surface area contributed by atoms with Crippen molar-refractivity contribution in [1.82, 2.24) is 15.5 Å². The Kier molecular flexibility index (Phi) is 6.83. The van der Waals surface area contributed by atoms with E-state index in [0.717, 1.165) is 5.56 Å². The Bertz CT molecular complexity index is 566. The van der Waals surface area contributed by atoms with Crippen molar-refractivity contribution < 1.29 is 22.8 Å². The van der Waals surface area contributed by atoms with Gasteiger partial charge < -0.3 is 5.32 Å². The summed E-state index contributed by atoms with van der Waals surface area (Å²) in [4.78, 5) is 24.5.